The van der Waals surface area contributed by atoms with Crippen molar-refractivity contribution in [1.82, 2.24) is 4.90 Å². The second-order valence-corrected chi connectivity index (χ2v) is 9.55. The van der Waals surface area contributed by atoms with E-state index in [-0.39, 0.29) is 11.1 Å². The van der Waals surface area contributed by atoms with E-state index >= 15 is 0 Å². The van der Waals surface area contributed by atoms with Crippen molar-refractivity contribution in [3.63, 3.8) is 0 Å². The standard InChI is InChI=1S/C22H26N2O9/c1-21(32)7-5-4-6-8(25)9(7)15(26)10-12(21)17(28)13-14(24(2)3)16(27)11(20(23)31)19(30)22(13,33)18(10)29/h4-6,10-14,16-17,25,27-28,32-33H,1-3H3,(H2,23,31). The molecular formula is C22H26N2O9. The normalized spacial score (nSPS) is 42.5. The number of fused-ring (bicyclic) bond motifs is 3. The predicted octanol–water partition coefficient (Wildman–Crippen LogP) is -2.71. The molecule has 11 heteroatoms. The predicted molar refractivity (Wildman–Crippen MR) is 110 cm³/mol. The van der Waals surface area contributed by atoms with Gasteiger partial charge < -0.3 is 36.2 Å². The van der Waals surface area contributed by atoms with Crippen LogP contribution in [0.4, 0.5) is 0 Å². The van der Waals surface area contributed by atoms with Crippen LogP contribution in [0.25, 0.3) is 0 Å². The molecule has 33 heavy (non-hydrogen) atoms. The summed E-state index contributed by atoms with van der Waals surface area (Å²) in [5.74, 6) is -12.6. The molecule has 1 aromatic rings. The van der Waals surface area contributed by atoms with Crippen molar-refractivity contribution in [1.29, 1.82) is 0 Å². The maximum absolute atomic E-state index is 13.7. The lowest BCUT2D eigenvalue weighted by Gasteiger charge is -2.59. The van der Waals surface area contributed by atoms with Crippen molar-refractivity contribution >= 4 is 23.3 Å². The van der Waals surface area contributed by atoms with E-state index in [1.165, 1.54) is 44.1 Å². The number of hydrogen-bond acceptors (Lipinski definition) is 10. The van der Waals surface area contributed by atoms with Crippen molar-refractivity contribution in [2.45, 2.75) is 36.4 Å². The Kier molecular flexibility index (Phi) is 5.08. The largest absolute Gasteiger partial charge is 0.507 e. The summed E-state index contributed by atoms with van der Waals surface area (Å²) in [7, 11) is 2.89. The summed E-state index contributed by atoms with van der Waals surface area (Å²) in [4.78, 5) is 53.6. The quantitative estimate of drug-likeness (QED) is 0.251. The number of likely N-dealkylation sites (N-methyl/N-ethyl adjacent to an activating group) is 1. The average molecular weight is 462 g/mol. The van der Waals surface area contributed by atoms with Gasteiger partial charge in [-0.15, -0.1) is 0 Å². The van der Waals surface area contributed by atoms with Gasteiger partial charge in [-0.25, -0.2) is 0 Å². The molecule has 3 aliphatic carbocycles. The van der Waals surface area contributed by atoms with E-state index in [0.29, 0.717) is 0 Å². The lowest BCUT2D eigenvalue weighted by Crippen LogP contribution is -2.79. The number of nitrogens with two attached hydrogens (primary N) is 1. The van der Waals surface area contributed by atoms with Crippen LogP contribution in [0.5, 0.6) is 5.75 Å². The van der Waals surface area contributed by atoms with Gasteiger partial charge in [-0.05, 0) is 32.6 Å². The molecule has 3 aliphatic rings. The van der Waals surface area contributed by atoms with Crippen LogP contribution in [0.2, 0.25) is 0 Å². The molecule has 0 saturated heterocycles. The number of phenols is 1. The zero-order valence-electron chi connectivity index (χ0n) is 18.2. The number of benzene rings is 1. The minimum absolute atomic E-state index is 0.0230. The Morgan fingerprint density at radius 2 is 1.64 bits per heavy atom. The number of amides is 1. The van der Waals surface area contributed by atoms with Crippen LogP contribution in [0, 0.1) is 23.7 Å². The van der Waals surface area contributed by atoms with E-state index in [0.717, 1.165) is 0 Å². The van der Waals surface area contributed by atoms with Gasteiger partial charge in [-0.2, -0.15) is 0 Å². The molecule has 0 heterocycles. The number of ketones is 3. The smallest absolute Gasteiger partial charge is 0.230 e. The number of carbonyl (C=O) groups is 4. The highest BCUT2D eigenvalue weighted by Crippen LogP contribution is 2.56. The lowest BCUT2D eigenvalue weighted by atomic mass is 9.48. The van der Waals surface area contributed by atoms with Gasteiger partial charge >= 0.3 is 0 Å². The molecule has 0 aromatic heterocycles. The molecule has 4 rings (SSSR count). The highest BCUT2D eigenvalue weighted by atomic mass is 16.3. The molecule has 0 spiro atoms. The van der Waals surface area contributed by atoms with Crippen molar-refractivity contribution in [3.05, 3.63) is 29.3 Å². The number of primary amides is 1. The first-order valence-corrected chi connectivity index (χ1v) is 10.4. The molecule has 1 aromatic carbocycles. The van der Waals surface area contributed by atoms with E-state index in [1.54, 1.807) is 0 Å². The fourth-order valence-corrected chi connectivity index (χ4v) is 6.19. The molecule has 9 atom stereocenters. The minimum atomic E-state index is -3.04. The number of nitrogens with zero attached hydrogens (tertiary/aromatic N) is 1. The van der Waals surface area contributed by atoms with Gasteiger partial charge in [0.25, 0.3) is 0 Å². The zero-order chi connectivity index (χ0) is 24.8. The molecular weight excluding hydrogens is 436 g/mol. The van der Waals surface area contributed by atoms with Crippen molar-refractivity contribution in [2.24, 2.45) is 29.4 Å². The summed E-state index contributed by atoms with van der Waals surface area (Å²) in [6, 6.07) is 2.63. The summed E-state index contributed by atoms with van der Waals surface area (Å²) >= 11 is 0. The third-order valence-corrected chi connectivity index (χ3v) is 7.62. The van der Waals surface area contributed by atoms with E-state index in [4.69, 9.17) is 5.73 Å². The summed E-state index contributed by atoms with van der Waals surface area (Å²) in [5, 5.41) is 55.4. The van der Waals surface area contributed by atoms with Gasteiger partial charge in [0.15, 0.2) is 23.0 Å². The van der Waals surface area contributed by atoms with Crippen LogP contribution < -0.4 is 5.73 Å². The SMILES string of the molecule is CN(C)C1C(O)C(C(N)=O)C(=O)C2(O)C(=O)C3C(=O)c4c(O)cccc4C(C)(O)C3C(O)C12. The fourth-order valence-electron chi connectivity index (χ4n) is 6.19. The second-order valence-electron chi connectivity index (χ2n) is 9.55. The molecule has 2 fully saturated rings. The molecule has 0 bridgehead atoms. The molecule has 178 valence electrons. The Morgan fingerprint density at radius 1 is 1.03 bits per heavy atom. The third-order valence-electron chi connectivity index (χ3n) is 7.62. The number of phenolic OH excluding ortho intramolecular Hbond substituents is 1. The maximum atomic E-state index is 13.7. The lowest BCUT2D eigenvalue weighted by molar-refractivity contribution is -0.222. The number of aliphatic hydroxyl groups excluding tert-OH is 2. The monoisotopic (exact) mass is 462 g/mol. The van der Waals surface area contributed by atoms with Crippen LogP contribution in [-0.2, 0) is 20.0 Å². The summed E-state index contributed by atoms with van der Waals surface area (Å²) in [6.07, 6.45) is -3.61. The first-order chi connectivity index (χ1) is 15.2. The Bertz CT molecular complexity index is 1080. The number of hydrogen-bond donors (Lipinski definition) is 6. The number of aromatic hydroxyl groups is 1. The second kappa shape index (κ2) is 7.15. The van der Waals surface area contributed by atoms with Crippen molar-refractivity contribution < 1.29 is 44.7 Å². The van der Waals surface area contributed by atoms with E-state index in [1.807, 2.05) is 0 Å². The van der Waals surface area contributed by atoms with Crippen LogP contribution in [-0.4, -0.2) is 91.6 Å². The molecule has 11 nitrogen and oxygen atoms in total. The Hall–Kier alpha value is -2.70. The van der Waals surface area contributed by atoms with Gasteiger partial charge in [-0.1, -0.05) is 12.1 Å². The topological polar surface area (TPSA) is 199 Å². The van der Waals surface area contributed by atoms with Crippen molar-refractivity contribution in [3.8, 4) is 5.75 Å². The van der Waals surface area contributed by atoms with Gasteiger partial charge in [-0.3, -0.25) is 19.2 Å². The first-order valence-electron chi connectivity index (χ1n) is 10.4. The number of aliphatic hydroxyl groups is 4. The van der Waals surface area contributed by atoms with Gasteiger partial charge in [0.05, 0.1) is 29.3 Å². The van der Waals surface area contributed by atoms with Crippen LogP contribution >= 0.6 is 0 Å². The minimum Gasteiger partial charge on any atom is -0.507 e. The third kappa shape index (κ3) is 2.74. The van der Waals surface area contributed by atoms with E-state index in [2.05, 4.69) is 0 Å². The number of carbonyl (C=O) groups excluding carboxylic acids is 4. The average Bonchev–Trinajstić information content (AvgIpc) is 2.70. The maximum Gasteiger partial charge on any atom is 0.230 e. The van der Waals surface area contributed by atoms with Crippen molar-refractivity contribution in [2.75, 3.05) is 14.1 Å². The zero-order valence-corrected chi connectivity index (χ0v) is 18.2. The summed E-state index contributed by atoms with van der Waals surface area (Å²) < 4.78 is 0. The van der Waals surface area contributed by atoms with Gasteiger partial charge in [0.1, 0.15) is 11.7 Å². The molecule has 7 N–H and O–H groups in total. The first kappa shape index (κ1) is 23.5. The Balaban J connectivity index is 1.99. The Morgan fingerprint density at radius 3 is 2.18 bits per heavy atom. The molecule has 9 unspecified atom stereocenters. The number of Topliss-reactive ketones (excluding diaryl/α,β-unsaturated/α-hetero) is 3. The molecule has 0 aliphatic heterocycles. The fraction of sp³-hybridized carbons (Fsp3) is 0.545. The highest BCUT2D eigenvalue weighted by Gasteiger charge is 2.74. The summed E-state index contributed by atoms with van der Waals surface area (Å²) in [5.41, 5.74) is -0.159. The molecule has 0 radical (unpaired) electrons. The van der Waals surface area contributed by atoms with Crippen LogP contribution in [0.3, 0.4) is 0 Å². The summed E-state index contributed by atoms with van der Waals surface area (Å²) in [6.45, 7) is 1.26. The number of rotatable bonds is 2. The molecule has 2 saturated carbocycles. The van der Waals surface area contributed by atoms with Gasteiger partial charge in [0, 0.05) is 17.9 Å². The van der Waals surface area contributed by atoms with E-state index in [9.17, 15) is 44.7 Å². The molecule has 1 amide bonds. The highest BCUT2D eigenvalue weighted by molar-refractivity contribution is 6.25. The van der Waals surface area contributed by atoms with E-state index < -0.39 is 82.1 Å². The van der Waals surface area contributed by atoms with Crippen LogP contribution in [0.15, 0.2) is 18.2 Å². The van der Waals surface area contributed by atoms with Gasteiger partial charge in [0.2, 0.25) is 5.91 Å². The Labute approximate surface area is 188 Å². The van der Waals surface area contributed by atoms with Crippen LogP contribution in [0.1, 0.15) is 22.8 Å².